The van der Waals surface area contributed by atoms with Crippen molar-refractivity contribution in [2.24, 2.45) is 35.5 Å². The van der Waals surface area contributed by atoms with Crippen LogP contribution in [0.2, 0.25) is 0 Å². The number of imide groups is 1. The topological polar surface area (TPSA) is 347 Å². The molecule has 0 spiro atoms. The van der Waals surface area contributed by atoms with Crippen LogP contribution in [0.4, 0.5) is 0 Å². The van der Waals surface area contributed by atoms with Gasteiger partial charge in [0.25, 0.3) is 11.8 Å². The van der Waals surface area contributed by atoms with E-state index in [0.717, 1.165) is 4.90 Å². The van der Waals surface area contributed by atoms with Crippen LogP contribution in [0.3, 0.4) is 0 Å². The molecule has 3 heterocycles. The van der Waals surface area contributed by atoms with Crippen molar-refractivity contribution in [2.45, 2.75) is 174 Å². The van der Waals surface area contributed by atoms with Crippen molar-refractivity contribution in [3.63, 3.8) is 0 Å². The van der Waals surface area contributed by atoms with Gasteiger partial charge < -0.3 is 70.7 Å². The summed E-state index contributed by atoms with van der Waals surface area (Å²) in [5, 5.41) is 27.0. The molecule has 3 aliphatic rings. The fourth-order valence-electron chi connectivity index (χ4n) is 12.9. The standard InChI is InChI=1S/C72H108N10O17/c1-13-46(6)66(56(96-11)36-62(89)81-34-22-27-54(81)68(97-12)47(7)69(92)76-48(8)67(91)51-25-18-15-19-26-51)80(10)72(95)64(44(2)3)78-71(94)65(45(4)5)79(9)63(90)39-75-70(93)53(35-49-23-16-14-17-24-49)77-59(86)38-74-58(85)37-73-57(84)30-29-50-40-98-42-52(43-99-41-50)55(83)28-20-21-33-82-60(87)31-32-61(82)88/h14-19,23-26,31-32,44-48,50,52-54,56,64-68,91H,13,20-22,27-30,33-43H2,1-12H3,(H,73,84)(H,74,85)(H,75,93)(H,76,92)(H,77,86)(H,78,94)/t46-,47+,48+,50?,52?,53-,54+,56+,64-,65-,66-,67+,68+/m0/s1. The summed E-state index contributed by atoms with van der Waals surface area (Å²) in [5.74, 6) is -8.10. The highest BCUT2D eigenvalue weighted by Crippen LogP contribution is 2.31. The smallest absolute Gasteiger partial charge is 0.253 e. The summed E-state index contributed by atoms with van der Waals surface area (Å²) in [6.45, 7) is 14.3. The summed E-state index contributed by atoms with van der Waals surface area (Å²) < 4.78 is 23.7. The molecule has 11 amide bonds. The van der Waals surface area contributed by atoms with Crippen molar-refractivity contribution in [1.29, 1.82) is 0 Å². The monoisotopic (exact) mass is 1380 g/mol. The van der Waals surface area contributed by atoms with Gasteiger partial charge in [-0.2, -0.15) is 0 Å². The van der Waals surface area contributed by atoms with E-state index >= 15 is 0 Å². The molecule has 2 aromatic rings. The van der Waals surface area contributed by atoms with Crippen LogP contribution in [-0.4, -0.2) is 231 Å². The Balaban J connectivity index is 1.11. The number of ketones is 1. The number of hydrogen-bond acceptors (Lipinski definition) is 17. The summed E-state index contributed by atoms with van der Waals surface area (Å²) in [5.41, 5.74) is 1.33. The number of likely N-dealkylation sites (tertiary alicyclic amines) is 1. The molecule has 2 fully saturated rings. The first kappa shape index (κ1) is 81.7. The third kappa shape index (κ3) is 24.7. The Kier molecular flexibility index (Phi) is 33.8. The minimum absolute atomic E-state index is 0.00258. The van der Waals surface area contributed by atoms with E-state index in [2.05, 4.69) is 31.9 Å². The minimum atomic E-state index is -1.22. The van der Waals surface area contributed by atoms with Gasteiger partial charge in [0.05, 0.1) is 101 Å². The van der Waals surface area contributed by atoms with Gasteiger partial charge in [-0.25, -0.2) is 0 Å². The Bertz CT molecular complexity index is 3030. The van der Waals surface area contributed by atoms with Crippen molar-refractivity contribution in [1.82, 2.24) is 51.5 Å². The molecule has 2 saturated heterocycles. The van der Waals surface area contributed by atoms with Crippen molar-refractivity contribution in [2.75, 3.05) is 87.5 Å². The number of unbranched alkanes of at least 4 members (excludes halogenated alkanes) is 1. The van der Waals surface area contributed by atoms with Crippen LogP contribution in [0.15, 0.2) is 72.8 Å². The van der Waals surface area contributed by atoms with Gasteiger partial charge in [-0.15, -0.1) is 0 Å². The maximum atomic E-state index is 14.9. The van der Waals surface area contributed by atoms with Gasteiger partial charge in [-0.05, 0) is 67.9 Å². The number of carbonyl (C=O) groups excluding carboxylic acids is 12. The normalized spacial score (nSPS) is 19.4. The third-order valence-electron chi connectivity index (χ3n) is 19.0. The first-order chi connectivity index (χ1) is 47.1. The number of nitrogens with zero attached hydrogens (tertiary/aromatic N) is 4. The fourth-order valence-corrected chi connectivity index (χ4v) is 12.9. The second kappa shape index (κ2) is 40.9. The molecule has 548 valence electrons. The zero-order chi connectivity index (χ0) is 73.0. The molecule has 27 heteroatoms. The van der Waals surface area contributed by atoms with E-state index in [4.69, 9.17) is 18.9 Å². The highest BCUT2D eigenvalue weighted by Gasteiger charge is 2.44. The highest BCUT2D eigenvalue weighted by atomic mass is 16.5. The van der Waals surface area contributed by atoms with E-state index in [0.29, 0.717) is 56.2 Å². The maximum absolute atomic E-state index is 14.9. The lowest BCUT2D eigenvalue weighted by Crippen LogP contribution is -2.61. The predicted octanol–water partition coefficient (Wildman–Crippen LogP) is 2.57. The molecular formula is C72H108N10O17. The number of hydrogen-bond donors (Lipinski definition) is 7. The van der Waals surface area contributed by atoms with Gasteiger partial charge in [0.2, 0.25) is 53.2 Å². The molecule has 2 aromatic carbocycles. The average molecular weight is 1390 g/mol. The first-order valence-electron chi connectivity index (χ1n) is 34.7. The van der Waals surface area contributed by atoms with E-state index in [9.17, 15) is 62.6 Å². The Labute approximate surface area is 582 Å². The quantitative estimate of drug-likeness (QED) is 0.0374. The molecule has 0 saturated carbocycles. The van der Waals surface area contributed by atoms with Crippen LogP contribution in [-0.2, 0) is 82.9 Å². The molecule has 99 heavy (non-hydrogen) atoms. The van der Waals surface area contributed by atoms with Crippen molar-refractivity contribution < 1.29 is 81.6 Å². The summed E-state index contributed by atoms with van der Waals surface area (Å²) in [6, 6.07) is 12.7. The number of rotatable bonds is 39. The maximum Gasteiger partial charge on any atom is 0.253 e. The highest BCUT2D eigenvalue weighted by molar-refractivity contribution is 6.12. The van der Waals surface area contributed by atoms with E-state index in [-0.39, 0.29) is 99.9 Å². The fraction of sp³-hybridized carbons (Fsp3) is 0.639. The number of aliphatic hydroxyl groups is 1. The van der Waals surface area contributed by atoms with Gasteiger partial charge in [0.1, 0.15) is 23.9 Å². The van der Waals surface area contributed by atoms with Gasteiger partial charge in [0, 0.05) is 78.7 Å². The largest absolute Gasteiger partial charge is 0.386 e. The Hall–Kier alpha value is -7.98. The molecule has 0 unspecified atom stereocenters. The van der Waals surface area contributed by atoms with Gasteiger partial charge in [-0.1, -0.05) is 116 Å². The summed E-state index contributed by atoms with van der Waals surface area (Å²) in [4.78, 5) is 166. The molecule has 0 aliphatic carbocycles. The van der Waals surface area contributed by atoms with Crippen LogP contribution in [0.25, 0.3) is 0 Å². The summed E-state index contributed by atoms with van der Waals surface area (Å²) in [6.07, 6.45) is 3.42. The van der Waals surface area contributed by atoms with Crippen LogP contribution >= 0.6 is 0 Å². The lowest BCUT2D eigenvalue weighted by atomic mass is 9.89. The van der Waals surface area contributed by atoms with Crippen LogP contribution in [0.5, 0.6) is 0 Å². The molecule has 0 aromatic heterocycles. The Morgan fingerprint density at radius 3 is 1.89 bits per heavy atom. The van der Waals surface area contributed by atoms with Gasteiger partial charge in [0.15, 0.2) is 0 Å². The van der Waals surface area contributed by atoms with Gasteiger partial charge in [-0.3, -0.25) is 62.4 Å². The van der Waals surface area contributed by atoms with Crippen LogP contribution in [0.1, 0.15) is 130 Å². The number of aliphatic hydroxyl groups excluding tert-OH is 1. The number of amides is 11. The zero-order valence-electron chi connectivity index (χ0n) is 59.8. The molecule has 5 rings (SSSR count). The second-order valence-corrected chi connectivity index (χ2v) is 27.0. The number of ether oxygens (including phenoxy) is 4. The van der Waals surface area contributed by atoms with E-state index < -0.39 is 139 Å². The molecule has 3 aliphatic heterocycles. The van der Waals surface area contributed by atoms with Crippen LogP contribution in [0, 0.1) is 35.5 Å². The number of benzene rings is 2. The Morgan fingerprint density at radius 1 is 0.677 bits per heavy atom. The van der Waals surface area contributed by atoms with E-state index in [1.807, 2.05) is 32.0 Å². The number of likely N-dealkylation sites (N-methyl/N-ethyl adjacent to an activating group) is 2. The SMILES string of the molecule is CC[C@H](C)[C@@H]([C@@H](CC(=O)N1CCC[C@@H]1[C@H](OC)[C@@H](C)C(=O)N[C@H](C)[C@@H](O)c1ccccc1)OC)N(C)C(=O)[C@@H](NC(=O)[C@H](C(C)C)N(C)C(=O)CNC(=O)[C@H](Cc1ccccc1)NC(=O)CNC(=O)CNC(=O)CCC1COCC(C(=O)CCCCN2C(=O)C=CC2=O)COC1)C(C)C. The average Bonchev–Trinajstić information content (AvgIpc) is 1.39. The molecule has 27 nitrogen and oxygen atoms in total. The number of Topliss-reactive ketones (excluding diaryl/α,β-unsaturated/α-hetero) is 1. The number of carbonyl (C=O) groups is 12. The number of nitrogens with one attached hydrogen (secondary N) is 6. The Morgan fingerprint density at radius 2 is 1.29 bits per heavy atom. The minimum Gasteiger partial charge on any atom is -0.386 e. The van der Waals surface area contributed by atoms with Crippen molar-refractivity contribution >= 4 is 70.8 Å². The van der Waals surface area contributed by atoms with Crippen molar-refractivity contribution in [3.05, 3.63) is 83.9 Å². The second-order valence-electron chi connectivity index (χ2n) is 27.0. The lowest BCUT2D eigenvalue weighted by molar-refractivity contribution is -0.148. The predicted molar refractivity (Wildman–Crippen MR) is 367 cm³/mol. The summed E-state index contributed by atoms with van der Waals surface area (Å²) >= 11 is 0. The first-order valence-corrected chi connectivity index (χ1v) is 34.7. The van der Waals surface area contributed by atoms with Crippen LogP contribution < -0.4 is 31.9 Å². The summed E-state index contributed by atoms with van der Waals surface area (Å²) in [7, 11) is 6.03. The number of methoxy groups -OCH3 is 2. The third-order valence-corrected chi connectivity index (χ3v) is 19.0. The van der Waals surface area contributed by atoms with Crippen molar-refractivity contribution in [3.8, 4) is 0 Å². The molecule has 0 radical (unpaired) electrons. The van der Waals surface area contributed by atoms with E-state index in [1.54, 1.807) is 96.0 Å². The van der Waals surface area contributed by atoms with E-state index in [1.165, 1.54) is 43.2 Å². The molecular weight excluding hydrogens is 1280 g/mol. The molecule has 0 bridgehead atoms. The molecule has 7 N–H and O–H groups in total. The zero-order valence-corrected chi connectivity index (χ0v) is 59.8. The van der Waals surface area contributed by atoms with Gasteiger partial charge >= 0.3 is 0 Å². The molecule has 11 atom stereocenters. The lowest BCUT2D eigenvalue weighted by Gasteiger charge is -2.41.